The number of primary amides is 1. The summed E-state index contributed by atoms with van der Waals surface area (Å²) in [6.07, 6.45) is 4.15. The molecule has 0 spiro atoms. The molecule has 1 aliphatic rings. The van der Waals surface area contributed by atoms with Gasteiger partial charge in [-0.25, -0.2) is 0 Å². The summed E-state index contributed by atoms with van der Waals surface area (Å²) in [7, 11) is 0. The summed E-state index contributed by atoms with van der Waals surface area (Å²) in [4.78, 5) is 17.5. The topological polar surface area (TPSA) is 59.2 Å². The van der Waals surface area contributed by atoms with Gasteiger partial charge in [0.1, 0.15) is 0 Å². The van der Waals surface area contributed by atoms with Crippen molar-refractivity contribution in [1.82, 2.24) is 9.88 Å². The number of aryl methyl sites for hydroxylation is 1. The van der Waals surface area contributed by atoms with Gasteiger partial charge in [0.05, 0.1) is 6.54 Å². The van der Waals surface area contributed by atoms with Gasteiger partial charge in [0.25, 0.3) is 0 Å². The maximum absolute atomic E-state index is 10.9. The number of nitrogens with two attached hydrogens (primary N) is 1. The van der Waals surface area contributed by atoms with Crippen molar-refractivity contribution in [3.05, 3.63) is 29.6 Å². The van der Waals surface area contributed by atoms with Crippen LogP contribution in [0.5, 0.6) is 0 Å². The van der Waals surface area contributed by atoms with E-state index < -0.39 is 0 Å². The van der Waals surface area contributed by atoms with Crippen molar-refractivity contribution in [2.24, 2.45) is 5.73 Å². The summed E-state index contributed by atoms with van der Waals surface area (Å²) in [5.74, 6) is 0.186. The minimum atomic E-state index is -0.248. The van der Waals surface area contributed by atoms with Crippen molar-refractivity contribution in [2.75, 3.05) is 19.6 Å². The summed E-state index contributed by atoms with van der Waals surface area (Å²) in [5, 5.41) is 0. The van der Waals surface area contributed by atoms with Crippen LogP contribution in [0.4, 0.5) is 0 Å². The first-order chi connectivity index (χ1) is 8.15. The van der Waals surface area contributed by atoms with Crippen molar-refractivity contribution < 1.29 is 4.79 Å². The van der Waals surface area contributed by atoms with Crippen LogP contribution >= 0.6 is 0 Å². The van der Waals surface area contributed by atoms with Crippen molar-refractivity contribution in [1.29, 1.82) is 0 Å². The summed E-state index contributed by atoms with van der Waals surface area (Å²) in [6, 6.07) is 4.18. The number of aromatic nitrogens is 1. The third-order valence-corrected chi connectivity index (χ3v) is 3.24. The molecule has 1 saturated heterocycles. The molecule has 92 valence electrons. The molecule has 1 aromatic rings. The van der Waals surface area contributed by atoms with E-state index in [4.69, 9.17) is 5.73 Å². The van der Waals surface area contributed by atoms with Gasteiger partial charge in [-0.15, -0.1) is 0 Å². The monoisotopic (exact) mass is 233 g/mol. The zero-order chi connectivity index (χ0) is 12.3. The Bertz CT molecular complexity index is 388. The van der Waals surface area contributed by atoms with E-state index in [-0.39, 0.29) is 5.91 Å². The first-order valence-corrected chi connectivity index (χ1v) is 6.08. The molecule has 0 aliphatic carbocycles. The molecule has 4 heteroatoms. The van der Waals surface area contributed by atoms with E-state index in [0.29, 0.717) is 12.5 Å². The number of carbonyl (C=O) groups excluding carboxylic acids is 1. The quantitative estimate of drug-likeness (QED) is 0.849. The summed E-state index contributed by atoms with van der Waals surface area (Å²) in [5.41, 5.74) is 7.54. The molecule has 2 N–H and O–H groups in total. The van der Waals surface area contributed by atoms with Crippen LogP contribution < -0.4 is 5.73 Å². The maximum atomic E-state index is 10.9. The summed E-state index contributed by atoms with van der Waals surface area (Å²) < 4.78 is 0. The van der Waals surface area contributed by atoms with Gasteiger partial charge in [0, 0.05) is 24.4 Å². The Hall–Kier alpha value is -1.42. The Morgan fingerprint density at radius 1 is 1.59 bits per heavy atom. The Balaban J connectivity index is 2.01. The Kier molecular flexibility index (Phi) is 3.74. The molecule has 4 nitrogen and oxygen atoms in total. The third-order valence-electron chi connectivity index (χ3n) is 3.24. The average molecular weight is 233 g/mol. The number of pyridine rings is 1. The molecule has 1 amide bonds. The van der Waals surface area contributed by atoms with Crippen molar-refractivity contribution in [3.63, 3.8) is 0 Å². The van der Waals surface area contributed by atoms with Crippen LogP contribution in [0.3, 0.4) is 0 Å². The molecule has 0 unspecified atom stereocenters. The number of piperidine rings is 1. The molecule has 0 radical (unpaired) electrons. The van der Waals surface area contributed by atoms with Gasteiger partial charge < -0.3 is 5.73 Å². The van der Waals surface area contributed by atoms with E-state index >= 15 is 0 Å². The smallest absolute Gasteiger partial charge is 0.231 e. The van der Waals surface area contributed by atoms with E-state index in [9.17, 15) is 4.79 Å². The van der Waals surface area contributed by atoms with Gasteiger partial charge in [-0.2, -0.15) is 0 Å². The van der Waals surface area contributed by atoms with Gasteiger partial charge >= 0.3 is 0 Å². The lowest BCUT2D eigenvalue weighted by Crippen LogP contribution is -2.40. The first-order valence-electron chi connectivity index (χ1n) is 6.08. The number of likely N-dealkylation sites (tertiary alicyclic amines) is 1. The summed E-state index contributed by atoms with van der Waals surface area (Å²) in [6.45, 7) is 4.25. The minimum Gasteiger partial charge on any atom is -0.369 e. The van der Waals surface area contributed by atoms with Gasteiger partial charge in [-0.3, -0.25) is 14.7 Å². The van der Waals surface area contributed by atoms with Crippen LogP contribution in [0.1, 0.15) is 30.0 Å². The second-order valence-electron chi connectivity index (χ2n) is 4.80. The molecule has 0 aromatic carbocycles. The molecule has 0 bridgehead atoms. The number of carbonyl (C=O) groups is 1. The molecule has 1 fully saturated rings. The van der Waals surface area contributed by atoms with Crippen LogP contribution in [0.2, 0.25) is 0 Å². The normalized spacial score (nSPS) is 21.4. The molecule has 2 rings (SSSR count). The number of hydrogen-bond donors (Lipinski definition) is 1. The third kappa shape index (κ3) is 3.27. The molecule has 0 saturated carbocycles. The van der Waals surface area contributed by atoms with Crippen LogP contribution in [0.25, 0.3) is 0 Å². The predicted octanol–water partition coefficient (Wildman–Crippen LogP) is 1.05. The highest BCUT2D eigenvalue weighted by Gasteiger charge is 2.22. The largest absolute Gasteiger partial charge is 0.369 e. The molecule has 1 aliphatic heterocycles. The van der Waals surface area contributed by atoms with Gasteiger partial charge in [-0.1, -0.05) is 6.07 Å². The van der Waals surface area contributed by atoms with E-state index in [1.54, 1.807) is 0 Å². The van der Waals surface area contributed by atoms with Crippen molar-refractivity contribution in [3.8, 4) is 0 Å². The second-order valence-corrected chi connectivity index (χ2v) is 4.80. The molecule has 17 heavy (non-hydrogen) atoms. The van der Waals surface area contributed by atoms with E-state index in [1.807, 2.05) is 13.1 Å². The Labute approximate surface area is 102 Å². The molecular weight excluding hydrogens is 214 g/mol. The lowest BCUT2D eigenvalue weighted by atomic mass is 9.94. The first kappa shape index (κ1) is 12.0. The standard InChI is InChI=1S/C13H19N3O/c1-10-4-5-12(15-7-10)11-3-2-6-16(8-11)9-13(14)17/h4-5,7,11H,2-3,6,8-9H2,1H3,(H2,14,17)/t11-/m0/s1. The highest BCUT2D eigenvalue weighted by Crippen LogP contribution is 2.25. The van der Waals surface area contributed by atoms with Crippen LogP contribution in [-0.2, 0) is 4.79 Å². The van der Waals surface area contributed by atoms with Crippen LogP contribution in [0, 0.1) is 6.92 Å². The summed E-state index contributed by atoms with van der Waals surface area (Å²) >= 11 is 0. The lowest BCUT2D eigenvalue weighted by Gasteiger charge is -2.31. The molecule has 1 atom stereocenters. The number of nitrogens with zero attached hydrogens (tertiary/aromatic N) is 2. The van der Waals surface area contributed by atoms with Crippen molar-refractivity contribution >= 4 is 5.91 Å². The number of amides is 1. The maximum Gasteiger partial charge on any atom is 0.231 e. The Morgan fingerprint density at radius 2 is 2.41 bits per heavy atom. The van der Waals surface area contributed by atoms with Crippen molar-refractivity contribution in [2.45, 2.75) is 25.7 Å². The average Bonchev–Trinajstić information content (AvgIpc) is 2.29. The number of rotatable bonds is 3. The van der Waals surface area contributed by atoms with E-state index in [0.717, 1.165) is 31.6 Å². The zero-order valence-electron chi connectivity index (χ0n) is 10.2. The minimum absolute atomic E-state index is 0.248. The highest BCUT2D eigenvalue weighted by molar-refractivity contribution is 5.75. The fourth-order valence-corrected chi connectivity index (χ4v) is 2.38. The van der Waals surface area contributed by atoms with Gasteiger partial charge in [0.2, 0.25) is 5.91 Å². The molecule has 1 aromatic heterocycles. The van der Waals surface area contributed by atoms with E-state index in [2.05, 4.69) is 22.0 Å². The molecule has 2 heterocycles. The fraction of sp³-hybridized carbons (Fsp3) is 0.538. The number of hydrogen-bond acceptors (Lipinski definition) is 3. The van der Waals surface area contributed by atoms with Gasteiger partial charge in [-0.05, 0) is 37.9 Å². The Morgan fingerprint density at radius 3 is 3.06 bits per heavy atom. The second kappa shape index (κ2) is 5.27. The van der Waals surface area contributed by atoms with Crippen LogP contribution in [-0.4, -0.2) is 35.4 Å². The molecular formula is C13H19N3O. The fourth-order valence-electron chi connectivity index (χ4n) is 2.38. The van der Waals surface area contributed by atoms with Crippen LogP contribution in [0.15, 0.2) is 18.3 Å². The SMILES string of the molecule is Cc1ccc([C@H]2CCCN(CC(N)=O)C2)nc1. The van der Waals surface area contributed by atoms with Gasteiger partial charge in [0.15, 0.2) is 0 Å². The zero-order valence-corrected chi connectivity index (χ0v) is 10.2. The highest BCUT2D eigenvalue weighted by atomic mass is 16.1. The predicted molar refractivity (Wildman–Crippen MR) is 66.6 cm³/mol. The van der Waals surface area contributed by atoms with E-state index in [1.165, 1.54) is 5.56 Å². The lowest BCUT2D eigenvalue weighted by molar-refractivity contribution is -0.119.